The highest BCUT2D eigenvalue weighted by atomic mass is 16.2. The molecule has 0 aliphatic carbocycles. The molecule has 2 unspecified atom stereocenters. The molecule has 1 saturated heterocycles. The quantitative estimate of drug-likeness (QED) is 0.836. The van der Waals surface area contributed by atoms with Gasteiger partial charge in [-0.2, -0.15) is 0 Å². The van der Waals surface area contributed by atoms with Gasteiger partial charge in [-0.1, -0.05) is 26.3 Å². The van der Waals surface area contributed by atoms with Gasteiger partial charge >= 0.3 is 0 Å². The van der Waals surface area contributed by atoms with Crippen molar-refractivity contribution in [3.63, 3.8) is 0 Å². The number of nitrogens with zero attached hydrogens (tertiary/aromatic N) is 3. The molecule has 0 saturated carbocycles. The van der Waals surface area contributed by atoms with E-state index in [-0.39, 0.29) is 5.92 Å². The van der Waals surface area contributed by atoms with Gasteiger partial charge in [0, 0.05) is 50.5 Å². The molecule has 1 aliphatic heterocycles. The van der Waals surface area contributed by atoms with Crippen molar-refractivity contribution in [3.05, 3.63) is 30.1 Å². The molecule has 4 nitrogen and oxygen atoms in total. The molecule has 0 aromatic carbocycles. The molecule has 1 fully saturated rings. The zero-order valence-corrected chi connectivity index (χ0v) is 13.5. The highest BCUT2D eigenvalue weighted by Gasteiger charge is 2.26. The number of rotatable bonds is 5. The largest absolute Gasteiger partial charge is 0.340 e. The second-order valence-electron chi connectivity index (χ2n) is 6.01. The van der Waals surface area contributed by atoms with Gasteiger partial charge in [-0.05, 0) is 25.0 Å². The molecule has 2 rings (SSSR count). The number of carbonyl (C=O) groups excluding carboxylic acids is 1. The van der Waals surface area contributed by atoms with E-state index in [2.05, 4.69) is 36.7 Å². The number of amides is 1. The van der Waals surface area contributed by atoms with Crippen LogP contribution in [0.2, 0.25) is 0 Å². The van der Waals surface area contributed by atoms with Gasteiger partial charge in [0.15, 0.2) is 0 Å². The third-order valence-electron chi connectivity index (χ3n) is 4.48. The number of hydrogen-bond acceptors (Lipinski definition) is 3. The van der Waals surface area contributed by atoms with Gasteiger partial charge in [-0.3, -0.25) is 14.7 Å². The Morgan fingerprint density at radius 2 is 2.00 bits per heavy atom. The first-order chi connectivity index (χ1) is 10.1. The Kier molecular flexibility index (Phi) is 5.74. The maximum Gasteiger partial charge on any atom is 0.225 e. The molecule has 0 spiro atoms. The molecule has 21 heavy (non-hydrogen) atoms. The molecule has 0 radical (unpaired) electrons. The van der Waals surface area contributed by atoms with E-state index in [1.165, 1.54) is 5.56 Å². The van der Waals surface area contributed by atoms with E-state index in [1.807, 2.05) is 23.4 Å². The van der Waals surface area contributed by atoms with E-state index in [0.29, 0.717) is 11.9 Å². The average molecular weight is 289 g/mol. The minimum Gasteiger partial charge on any atom is -0.340 e. The second kappa shape index (κ2) is 7.55. The van der Waals surface area contributed by atoms with Crippen LogP contribution in [0.4, 0.5) is 0 Å². The summed E-state index contributed by atoms with van der Waals surface area (Å²) < 4.78 is 0. The third kappa shape index (κ3) is 4.03. The highest BCUT2D eigenvalue weighted by Crippen LogP contribution is 2.21. The monoisotopic (exact) mass is 289 g/mol. The molecule has 2 heterocycles. The van der Waals surface area contributed by atoms with Crippen LogP contribution in [0.3, 0.4) is 0 Å². The van der Waals surface area contributed by atoms with Crippen molar-refractivity contribution in [2.75, 3.05) is 26.2 Å². The SMILES string of the molecule is CCCC(C)C(=O)N1CCN(C(C)c2cccnc2)CC1. The Morgan fingerprint density at radius 1 is 1.29 bits per heavy atom. The number of piperazine rings is 1. The van der Waals surface area contributed by atoms with Gasteiger partial charge in [0.1, 0.15) is 0 Å². The molecule has 4 heteroatoms. The van der Waals surface area contributed by atoms with Crippen LogP contribution in [0.5, 0.6) is 0 Å². The van der Waals surface area contributed by atoms with Gasteiger partial charge in [0.25, 0.3) is 0 Å². The topological polar surface area (TPSA) is 36.4 Å². The molecule has 116 valence electrons. The second-order valence-corrected chi connectivity index (χ2v) is 6.01. The molecule has 1 aromatic heterocycles. The highest BCUT2D eigenvalue weighted by molar-refractivity contribution is 5.78. The fourth-order valence-corrected chi connectivity index (χ4v) is 3.03. The van der Waals surface area contributed by atoms with Crippen molar-refractivity contribution in [2.45, 2.75) is 39.7 Å². The third-order valence-corrected chi connectivity index (χ3v) is 4.48. The molecular weight excluding hydrogens is 262 g/mol. The smallest absolute Gasteiger partial charge is 0.225 e. The molecular formula is C17H27N3O. The van der Waals surface area contributed by atoms with Crippen LogP contribution in [0, 0.1) is 5.92 Å². The molecule has 0 N–H and O–H groups in total. The Hall–Kier alpha value is -1.42. The summed E-state index contributed by atoms with van der Waals surface area (Å²) in [5.41, 5.74) is 1.25. The van der Waals surface area contributed by atoms with Crippen LogP contribution in [0.15, 0.2) is 24.5 Å². The Balaban J connectivity index is 1.87. The first-order valence-electron chi connectivity index (χ1n) is 8.06. The first-order valence-corrected chi connectivity index (χ1v) is 8.06. The predicted octanol–water partition coefficient (Wildman–Crippen LogP) is 2.72. The molecule has 0 bridgehead atoms. The number of hydrogen-bond donors (Lipinski definition) is 0. The zero-order valence-electron chi connectivity index (χ0n) is 13.5. The van der Waals surface area contributed by atoms with Crippen molar-refractivity contribution in [3.8, 4) is 0 Å². The van der Waals surface area contributed by atoms with Gasteiger partial charge in [-0.15, -0.1) is 0 Å². The minimum absolute atomic E-state index is 0.164. The lowest BCUT2D eigenvalue weighted by Crippen LogP contribution is -2.50. The van der Waals surface area contributed by atoms with Crippen molar-refractivity contribution in [1.82, 2.24) is 14.8 Å². The summed E-state index contributed by atoms with van der Waals surface area (Å²) in [5.74, 6) is 0.489. The van der Waals surface area contributed by atoms with E-state index in [9.17, 15) is 4.79 Å². The summed E-state index contributed by atoms with van der Waals surface area (Å²) in [6.45, 7) is 9.98. The molecule has 1 aliphatic rings. The van der Waals surface area contributed by atoms with E-state index >= 15 is 0 Å². The van der Waals surface area contributed by atoms with Crippen molar-refractivity contribution in [2.24, 2.45) is 5.92 Å². The van der Waals surface area contributed by atoms with E-state index in [0.717, 1.165) is 39.0 Å². The molecule has 2 atom stereocenters. The summed E-state index contributed by atoms with van der Waals surface area (Å²) in [4.78, 5) is 21.0. The van der Waals surface area contributed by atoms with Crippen LogP contribution in [0.1, 0.15) is 45.2 Å². The van der Waals surface area contributed by atoms with Crippen LogP contribution in [0.25, 0.3) is 0 Å². The fourth-order valence-electron chi connectivity index (χ4n) is 3.03. The average Bonchev–Trinajstić information content (AvgIpc) is 2.54. The standard InChI is InChI=1S/C17H27N3O/c1-4-6-14(2)17(21)20-11-9-19(10-12-20)15(3)16-7-5-8-18-13-16/h5,7-8,13-15H,4,6,9-12H2,1-3H3. The van der Waals surface area contributed by atoms with Gasteiger partial charge in [-0.25, -0.2) is 0 Å². The van der Waals surface area contributed by atoms with Gasteiger partial charge in [0.05, 0.1) is 0 Å². The van der Waals surface area contributed by atoms with Crippen LogP contribution >= 0.6 is 0 Å². The number of carbonyl (C=O) groups is 1. The normalized spacial score (nSPS) is 19.3. The number of pyridine rings is 1. The summed E-state index contributed by atoms with van der Waals surface area (Å²) in [6, 6.07) is 4.47. The van der Waals surface area contributed by atoms with E-state index in [4.69, 9.17) is 0 Å². The van der Waals surface area contributed by atoms with Crippen molar-refractivity contribution >= 4 is 5.91 Å². The van der Waals surface area contributed by atoms with Gasteiger partial charge in [0.2, 0.25) is 5.91 Å². The summed E-state index contributed by atoms with van der Waals surface area (Å²) >= 11 is 0. The maximum atomic E-state index is 12.3. The lowest BCUT2D eigenvalue weighted by Gasteiger charge is -2.39. The predicted molar refractivity (Wildman–Crippen MR) is 84.9 cm³/mol. The Morgan fingerprint density at radius 3 is 2.57 bits per heavy atom. The lowest BCUT2D eigenvalue weighted by molar-refractivity contribution is -0.137. The van der Waals surface area contributed by atoms with E-state index in [1.54, 1.807) is 0 Å². The van der Waals surface area contributed by atoms with E-state index < -0.39 is 0 Å². The van der Waals surface area contributed by atoms with Crippen molar-refractivity contribution in [1.29, 1.82) is 0 Å². The number of aromatic nitrogens is 1. The zero-order chi connectivity index (χ0) is 15.2. The van der Waals surface area contributed by atoms with Crippen molar-refractivity contribution < 1.29 is 4.79 Å². The minimum atomic E-state index is 0.164. The fraction of sp³-hybridized carbons (Fsp3) is 0.647. The lowest BCUT2D eigenvalue weighted by atomic mass is 10.0. The van der Waals surface area contributed by atoms with Crippen LogP contribution in [-0.4, -0.2) is 46.9 Å². The van der Waals surface area contributed by atoms with Crippen LogP contribution in [-0.2, 0) is 4.79 Å². The summed E-state index contributed by atoms with van der Waals surface area (Å²) in [7, 11) is 0. The summed E-state index contributed by atoms with van der Waals surface area (Å²) in [5, 5.41) is 0. The van der Waals surface area contributed by atoms with Crippen LogP contribution < -0.4 is 0 Å². The Bertz CT molecular complexity index is 441. The van der Waals surface area contributed by atoms with Gasteiger partial charge < -0.3 is 4.90 Å². The molecule has 1 aromatic rings. The molecule has 1 amide bonds. The Labute approximate surface area is 128 Å². The first kappa shape index (κ1) is 16.0. The maximum absolute atomic E-state index is 12.3. The summed E-state index contributed by atoms with van der Waals surface area (Å²) in [6.07, 6.45) is 5.81.